The molecule has 3 rings (SSSR count). The van der Waals surface area contributed by atoms with Gasteiger partial charge in [0.2, 0.25) is 0 Å². The molecule has 0 spiro atoms. The van der Waals surface area contributed by atoms with Crippen LogP contribution in [0.15, 0.2) is 6.07 Å². The highest BCUT2D eigenvalue weighted by Gasteiger charge is 2.26. The lowest BCUT2D eigenvalue weighted by atomic mass is 10.0. The first-order chi connectivity index (χ1) is 10.7. The maximum atomic E-state index is 12.0. The van der Waals surface area contributed by atoms with Gasteiger partial charge in [0.1, 0.15) is 12.3 Å². The van der Waals surface area contributed by atoms with Gasteiger partial charge in [-0.25, -0.2) is 4.79 Å². The summed E-state index contributed by atoms with van der Waals surface area (Å²) in [7, 11) is 0. The van der Waals surface area contributed by atoms with E-state index < -0.39 is 12.1 Å². The number of fused-ring (bicyclic) bond motifs is 2. The van der Waals surface area contributed by atoms with Gasteiger partial charge in [-0.2, -0.15) is 0 Å². The number of nitrogens with one attached hydrogen (secondary N) is 1. The smallest absolute Gasteiger partial charge is 0.413 e. The molecular formula is C17H21NO4. The third-order valence-corrected chi connectivity index (χ3v) is 4.29. The molecule has 0 atom stereocenters. The molecule has 5 heteroatoms. The highest BCUT2D eigenvalue weighted by molar-refractivity contribution is 5.79. The van der Waals surface area contributed by atoms with Gasteiger partial charge in [0.25, 0.3) is 0 Å². The average Bonchev–Trinajstić information content (AvgIpc) is 3.13. The maximum Gasteiger partial charge on any atom is 0.413 e. The summed E-state index contributed by atoms with van der Waals surface area (Å²) in [5, 5.41) is 2.46. The Morgan fingerprint density at radius 3 is 2.32 bits per heavy atom. The second kappa shape index (κ2) is 6.38. The van der Waals surface area contributed by atoms with Crippen molar-refractivity contribution < 1.29 is 19.1 Å². The first-order valence-corrected chi connectivity index (χ1v) is 7.97. The number of aryl methyl sites for hydroxylation is 2. The molecule has 1 aromatic carbocycles. The zero-order chi connectivity index (χ0) is 15.5. The Balaban J connectivity index is 1.72. The molecule has 22 heavy (non-hydrogen) atoms. The molecule has 0 heterocycles. The molecule has 0 radical (unpaired) electrons. The van der Waals surface area contributed by atoms with E-state index in [1.165, 1.54) is 22.3 Å². The molecule has 1 N–H and O–H groups in total. The van der Waals surface area contributed by atoms with E-state index in [-0.39, 0.29) is 6.54 Å². The van der Waals surface area contributed by atoms with Crippen LogP contribution in [0, 0.1) is 0 Å². The second-order valence-electron chi connectivity index (χ2n) is 5.74. The monoisotopic (exact) mass is 303 g/mol. The van der Waals surface area contributed by atoms with E-state index in [0.29, 0.717) is 6.61 Å². The van der Waals surface area contributed by atoms with Gasteiger partial charge in [-0.15, -0.1) is 0 Å². The molecule has 118 valence electrons. The van der Waals surface area contributed by atoms with Crippen LogP contribution in [0.3, 0.4) is 0 Å². The average molecular weight is 303 g/mol. The molecule has 0 aromatic heterocycles. The second-order valence-corrected chi connectivity index (χ2v) is 5.74. The number of amides is 1. The summed E-state index contributed by atoms with van der Waals surface area (Å²) < 4.78 is 10.4. The predicted molar refractivity (Wildman–Crippen MR) is 81.2 cm³/mol. The van der Waals surface area contributed by atoms with Gasteiger partial charge in [0.15, 0.2) is 0 Å². The fourth-order valence-electron chi connectivity index (χ4n) is 3.37. The summed E-state index contributed by atoms with van der Waals surface area (Å²) >= 11 is 0. The quantitative estimate of drug-likeness (QED) is 0.867. The van der Waals surface area contributed by atoms with Crippen molar-refractivity contribution in [3.63, 3.8) is 0 Å². The minimum absolute atomic E-state index is 0.163. The van der Waals surface area contributed by atoms with Crippen molar-refractivity contribution >= 4 is 12.1 Å². The van der Waals surface area contributed by atoms with Crippen molar-refractivity contribution in [1.82, 2.24) is 5.32 Å². The first kappa shape index (κ1) is 14.9. The van der Waals surface area contributed by atoms with E-state index in [2.05, 4.69) is 11.4 Å². The molecule has 0 saturated heterocycles. The highest BCUT2D eigenvalue weighted by Crippen LogP contribution is 2.40. The zero-order valence-electron chi connectivity index (χ0n) is 12.9. The number of benzene rings is 1. The number of ether oxygens (including phenoxy) is 2. The van der Waals surface area contributed by atoms with E-state index in [4.69, 9.17) is 9.47 Å². The normalized spacial score (nSPS) is 15.1. The number of hydrogen-bond donors (Lipinski definition) is 1. The fraction of sp³-hybridized carbons (Fsp3) is 0.529. The number of carbonyl (C=O) groups is 2. The standard InChI is InChI=1S/C17H21NO4/c1-2-21-15(19)10-18-17(20)22-16-13-7-3-5-11(13)9-12-6-4-8-14(12)16/h9H,2-8,10H2,1H3,(H,18,20). The Hall–Kier alpha value is -2.04. The van der Waals surface area contributed by atoms with Crippen molar-refractivity contribution in [2.45, 2.75) is 45.4 Å². The molecule has 1 aromatic rings. The number of rotatable bonds is 4. The molecule has 0 aliphatic heterocycles. The van der Waals surface area contributed by atoms with Gasteiger partial charge in [-0.05, 0) is 67.7 Å². The van der Waals surface area contributed by atoms with Crippen LogP contribution >= 0.6 is 0 Å². The molecule has 0 unspecified atom stereocenters. The van der Waals surface area contributed by atoms with E-state index in [0.717, 1.165) is 44.3 Å². The van der Waals surface area contributed by atoms with E-state index >= 15 is 0 Å². The number of carbonyl (C=O) groups excluding carboxylic acids is 2. The molecule has 1 amide bonds. The fourth-order valence-corrected chi connectivity index (χ4v) is 3.37. The zero-order valence-corrected chi connectivity index (χ0v) is 12.9. The molecular weight excluding hydrogens is 282 g/mol. The lowest BCUT2D eigenvalue weighted by Gasteiger charge is -2.15. The van der Waals surface area contributed by atoms with Crippen LogP contribution in [0.2, 0.25) is 0 Å². The summed E-state index contributed by atoms with van der Waals surface area (Å²) in [5.41, 5.74) is 4.97. The summed E-state index contributed by atoms with van der Waals surface area (Å²) in [6.45, 7) is 1.87. The Morgan fingerprint density at radius 2 is 1.73 bits per heavy atom. The van der Waals surface area contributed by atoms with Gasteiger partial charge in [-0.1, -0.05) is 6.07 Å². The molecule has 2 aliphatic rings. The van der Waals surface area contributed by atoms with Crippen molar-refractivity contribution in [3.8, 4) is 5.75 Å². The minimum Gasteiger partial charge on any atom is -0.465 e. The molecule has 0 bridgehead atoms. The lowest BCUT2D eigenvalue weighted by Crippen LogP contribution is -2.33. The van der Waals surface area contributed by atoms with Crippen LogP contribution in [0.25, 0.3) is 0 Å². The van der Waals surface area contributed by atoms with Gasteiger partial charge in [0, 0.05) is 0 Å². The van der Waals surface area contributed by atoms with Crippen LogP contribution in [-0.2, 0) is 35.2 Å². The van der Waals surface area contributed by atoms with E-state index in [1.807, 2.05) is 0 Å². The van der Waals surface area contributed by atoms with Crippen LogP contribution < -0.4 is 10.1 Å². The number of hydrogen-bond acceptors (Lipinski definition) is 4. The van der Waals surface area contributed by atoms with Crippen LogP contribution in [-0.4, -0.2) is 25.2 Å². The predicted octanol–water partition coefficient (Wildman–Crippen LogP) is 2.32. The maximum absolute atomic E-state index is 12.0. The minimum atomic E-state index is -0.581. The Kier molecular flexibility index (Phi) is 4.32. The topological polar surface area (TPSA) is 64.6 Å². The van der Waals surface area contributed by atoms with E-state index in [9.17, 15) is 9.59 Å². The van der Waals surface area contributed by atoms with Crippen LogP contribution in [0.4, 0.5) is 4.79 Å². The van der Waals surface area contributed by atoms with Crippen molar-refractivity contribution in [3.05, 3.63) is 28.3 Å². The van der Waals surface area contributed by atoms with Crippen LogP contribution in [0.5, 0.6) is 5.75 Å². The molecule has 5 nitrogen and oxygen atoms in total. The van der Waals surface area contributed by atoms with Gasteiger partial charge < -0.3 is 14.8 Å². The highest BCUT2D eigenvalue weighted by atomic mass is 16.6. The SMILES string of the molecule is CCOC(=O)CNC(=O)Oc1c2c(cc3c1CCC3)CCC2. The summed E-state index contributed by atoms with van der Waals surface area (Å²) in [4.78, 5) is 23.3. The molecule has 2 aliphatic carbocycles. The van der Waals surface area contributed by atoms with Gasteiger partial charge in [-0.3, -0.25) is 4.79 Å². The summed E-state index contributed by atoms with van der Waals surface area (Å²) in [6, 6.07) is 2.29. The van der Waals surface area contributed by atoms with Crippen molar-refractivity contribution in [2.24, 2.45) is 0 Å². The molecule has 0 saturated carbocycles. The Bertz CT molecular complexity index is 577. The van der Waals surface area contributed by atoms with Crippen molar-refractivity contribution in [2.75, 3.05) is 13.2 Å². The lowest BCUT2D eigenvalue weighted by molar-refractivity contribution is -0.141. The molecule has 0 fully saturated rings. The third-order valence-electron chi connectivity index (χ3n) is 4.29. The third kappa shape index (κ3) is 2.93. The summed E-state index contributed by atoms with van der Waals surface area (Å²) in [5.74, 6) is 0.284. The summed E-state index contributed by atoms with van der Waals surface area (Å²) in [6.07, 6.45) is 5.68. The van der Waals surface area contributed by atoms with E-state index in [1.54, 1.807) is 6.92 Å². The largest absolute Gasteiger partial charge is 0.465 e. The Labute approximate surface area is 130 Å². The van der Waals surface area contributed by atoms with Crippen LogP contribution in [0.1, 0.15) is 42.0 Å². The van der Waals surface area contributed by atoms with Gasteiger partial charge in [0.05, 0.1) is 6.61 Å². The Morgan fingerprint density at radius 1 is 1.09 bits per heavy atom. The first-order valence-electron chi connectivity index (χ1n) is 7.97. The van der Waals surface area contributed by atoms with Gasteiger partial charge >= 0.3 is 12.1 Å². The number of esters is 1. The van der Waals surface area contributed by atoms with Crippen molar-refractivity contribution in [1.29, 1.82) is 0 Å².